The van der Waals surface area contributed by atoms with Crippen molar-refractivity contribution in [2.45, 2.75) is 0 Å². The van der Waals surface area contributed by atoms with Gasteiger partial charge in [0.05, 0.1) is 23.5 Å². The Balaban J connectivity index is 1.93. The molecular formula is C13H12ClFN4OS. The Bertz CT molecular complexity index is 773. The van der Waals surface area contributed by atoms with Gasteiger partial charge in [-0.05, 0) is 18.2 Å². The number of anilines is 1. The van der Waals surface area contributed by atoms with Crippen molar-refractivity contribution in [2.75, 3.05) is 25.6 Å². The summed E-state index contributed by atoms with van der Waals surface area (Å²) in [5, 5.41) is 8.43. The predicted molar refractivity (Wildman–Crippen MR) is 81.6 cm³/mol. The van der Waals surface area contributed by atoms with Crippen LogP contribution in [-0.2, 0) is 4.74 Å². The Hall–Kier alpha value is -1.70. The summed E-state index contributed by atoms with van der Waals surface area (Å²) in [6.07, 6.45) is 1.70. The van der Waals surface area contributed by atoms with Gasteiger partial charge in [0.1, 0.15) is 5.82 Å². The van der Waals surface area contributed by atoms with Crippen molar-refractivity contribution in [1.82, 2.24) is 14.6 Å². The van der Waals surface area contributed by atoms with Crippen LogP contribution in [0.2, 0.25) is 5.02 Å². The summed E-state index contributed by atoms with van der Waals surface area (Å²) >= 11 is 7.26. The molecule has 21 heavy (non-hydrogen) atoms. The van der Waals surface area contributed by atoms with Crippen molar-refractivity contribution in [3.8, 4) is 11.3 Å². The minimum atomic E-state index is -0.443. The lowest BCUT2D eigenvalue weighted by Gasteiger charge is -2.01. The molecule has 3 aromatic rings. The van der Waals surface area contributed by atoms with Gasteiger partial charge in [0.2, 0.25) is 10.1 Å². The second kappa shape index (κ2) is 5.97. The summed E-state index contributed by atoms with van der Waals surface area (Å²) in [6, 6.07) is 4.56. The number of nitrogens with zero attached hydrogens (tertiary/aromatic N) is 3. The minimum absolute atomic E-state index is 0.0797. The Labute approximate surface area is 129 Å². The number of ether oxygens (including phenoxy) is 1. The molecule has 1 aromatic carbocycles. The number of halogens is 2. The van der Waals surface area contributed by atoms with Crippen molar-refractivity contribution in [3.63, 3.8) is 0 Å². The average molecular weight is 327 g/mol. The molecule has 8 heteroatoms. The third-order valence-electron chi connectivity index (χ3n) is 2.88. The van der Waals surface area contributed by atoms with E-state index in [-0.39, 0.29) is 5.02 Å². The fourth-order valence-electron chi connectivity index (χ4n) is 1.88. The average Bonchev–Trinajstić information content (AvgIpc) is 3.02. The zero-order valence-electron chi connectivity index (χ0n) is 11.1. The van der Waals surface area contributed by atoms with Gasteiger partial charge in [0.15, 0.2) is 0 Å². The summed E-state index contributed by atoms with van der Waals surface area (Å²) in [4.78, 5) is 5.06. The Morgan fingerprint density at radius 1 is 1.48 bits per heavy atom. The molecule has 0 aliphatic heterocycles. The molecule has 2 heterocycles. The van der Waals surface area contributed by atoms with Crippen LogP contribution in [0.25, 0.3) is 16.2 Å². The third-order valence-corrected chi connectivity index (χ3v) is 4.05. The van der Waals surface area contributed by atoms with E-state index in [9.17, 15) is 4.39 Å². The predicted octanol–water partition coefficient (Wildman–Crippen LogP) is 3.31. The molecule has 0 aliphatic carbocycles. The number of fused-ring (bicyclic) bond motifs is 1. The van der Waals surface area contributed by atoms with E-state index in [0.717, 1.165) is 21.3 Å². The zero-order chi connectivity index (χ0) is 14.8. The van der Waals surface area contributed by atoms with Gasteiger partial charge in [-0.15, -0.1) is 5.10 Å². The second-order valence-corrected chi connectivity index (χ2v) is 5.66. The molecule has 5 nitrogen and oxygen atoms in total. The highest BCUT2D eigenvalue weighted by atomic mass is 35.5. The highest BCUT2D eigenvalue weighted by Gasteiger charge is 2.12. The van der Waals surface area contributed by atoms with E-state index in [1.54, 1.807) is 30.0 Å². The number of methoxy groups -OCH3 is 1. The highest BCUT2D eigenvalue weighted by molar-refractivity contribution is 7.20. The smallest absolute Gasteiger partial charge is 0.214 e. The van der Waals surface area contributed by atoms with E-state index in [2.05, 4.69) is 15.4 Å². The molecule has 0 saturated carbocycles. The number of aromatic nitrogens is 3. The van der Waals surface area contributed by atoms with Crippen molar-refractivity contribution >= 4 is 33.0 Å². The largest absolute Gasteiger partial charge is 0.383 e. The quantitative estimate of drug-likeness (QED) is 0.731. The second-order valence-electron chi connectivity index (χ2n) is 4.29. The maximum Gasteiger partial charge on any atom is 0.214 e. The molecule has 0 unspecified atom stereocenters. The first-order valence-corrected chi connectivity index (χ1v) is 7.41. The number of hydrogen-bond acceptors (Lipinski definition) is 5. The van der Waals surface area contributed by atoms with Gasteiger partial charge in [-0.25, -0.2) is 13.9 Å². The van der Waals surface area contributed by atoms with E-state index < -0.39 is 5.82 Å². The topological polar surface area (TPSA) is 51.5 Å². The monoisotopic (exact) mass is 326 g/mol. The number of rotatable bonds is 5. The highest BCUT2D eigenvalue weighted by Crippen LogP contribution is 2.28. The molecule has 1 N–H and O–H groups in total. The van der Waals surface area contributed by atoms with Crippen LogP contribution in [0.4, 0.5) is 9.52 Å². The van der Waals surface area contributed by atoms with Gasteiger partial charge in [-0.1, -0.05) is 22.9 Å². The standard InChI is InChI=1S/C13H12ClFN4OS/c1-20-5-4-16-12-18-19-11(7-17-13(19)21-12)8-2-3-10(15)9(14)6-8/h2-3,6-7H,4-5H2,1H3,(H,16,18). The minimum Gasteiger partial charge on any atom is -0.383 e. The van der Waals surface area contributed by atoms with Crippen molar-refractivity contribution in [2.24, 2.45) is 0 Å². The molecule has 0 radical (unpaired) electrons. The van der Waals surface area contributed by atoms with E-state index in [4.69, 9.17) is 16.3 Å². The van der Waals surface area contributed by atoms with E-state index >= 15 is 0 Å². The van der Waals surface area contributed by atoms with Crippen LogP contribution in [0, 0.1) is 5.82 Å². The van der Waals surface area contributed by atoms with Crippen LogP contribution in [0.5, 0.6) is 0 Å². The van der Waals surface area contributed by atoms with Crippen LogP contribution in [0.15, 0.2) is 24.4 Å². The number of imidazole rings is 1. The van der Waals surface area contributed by atoms with Gasteiger partial charge in [0, 0.05) is 19.2 Å². The zero-order valence-corrected chi connectivity index (χ0v) is 12.7. The van der Waals surface area contributed by atoms with Gasteiger partial charge >= 0.3 is 0 Å². The van der Waals surface area contributed by atoms with Crippen LogP contribution >= 0.6 is 22.9 Å². The lowest BCUT2D eigenvalue weighted by Crippen LogP contribution is -2.07. The molecule has 0 atom stereocenters. The summed E-state index contributed by atoms with van der Waals surface area (Å²) < 4.78 is 19.9. The first-order valence-electron chi connectivity index (χ1n) is 6.22. The molecule has 0 aliphatic rings. The Kier molecular flexibility index (Phi) is 4.05. The summed E-state index contributed by atoms with van der Waals surface area (Å²) in [5.41, 5.74) is 1.53. The molecule has 0 spiro atoms. The molecule has 0 bridgehead atoms. The van der Waals surface area contributed by atoms with E-state index in [1.165, 1.54) is 17.4 Å². The number of hydrogen-bond donors (Lipinski definition) is 1. The fraction of sp³-hybridized carbons (Fsp3) is 0.231. The van der Waals surface area contributed by atoms with Crippen LogP contribution in [0.1, 0.15) is 0 Å². The third kappa shape index (κ3) is 2.85. The summed E-state index contributed by atoms with van der Waals surface area (Å²) in [6.45, 7) is 1.27. The van der Waals surface area contributed by atoms with Gasteiger partial charge in [-0.2, -0.15) is 0 Å². The molecule has 2 aromatic heterocycles. The molecule has 0 amide bonds. The lowest BCUT2D eigenvalue weighted by atomic mass is 10.2. The molecule has 110 valence electrons. The maximum atomic E-state index is 13.2. The molecule has 0 saturated heterocycles. The first-order chi connectivity index (χ1) is 10.2. The SMILES string of the molecule is COCCNc1nn2c(-c3ccc(F)c(Cl)c3)cnc2s1. The first kappa shape index (κ1) is 14.2. The summed E-state index contributed by atoms with van der Waals surface area (Å²) in [5.74, 6) is -0.443. The Morgan fingerprint density at radius 3 is 3.10 bits per heavy atom. The normalized spacial score (nSPS) is 11.2. The van der Waals surface area contributed by atoms with Crippen molar-refractivity contribution in [1.29, 1.82) is 0 Å². The molecule has 3 rings (SSSR count). The van der Waals surface area contributed by atoms with Gasteiger partial charge in [0.25, 0.3) is 0 Å². The molecular weight excluding hydrogens is 315 g/mol. The molecule has 0 fully saturated rings. The summed E-state index contributed by atoms with van der Waals surface area (Å²) in [7, 11) is 1.65. The Morgan fingerprint density at radius 2 is 2.33 bits per heavy atom. The van der Waals surface area contributed by atoms with E-state index in [1.807, 2.05) is 0 Å². The van der Waals surface area contributed by atoms with E-state index in [0.29, 0.717) is 13.2 Å². The maximum absolute atomic E-state index is 13.2. The number of nitrogens with one attached hydrogen (secondary N) is 1. The van der Waals surface area contributed by atoms with Crippen LogP contribution in [0.3, 0.4) is 0 Å². The van der Waals surface area contributed by atoms with Crippen molar-refractivity contribution in [3.05, 3.63) is 35.2 Å². The van der Waals surface area contributed by atoms with Crippen LogP contribution < -0.4 is 5.32 Å². The number of benzene rings is 1. The lowest BCUT2D eigenvalue weighted by molar-refractivity contribution is 0.210. The van der Waals surface area contributed by atoms with Gasteiger partial charge in [-0.3, -0.25) is 0 Å². The van der Waals surface area contributed by atoms with Crippen molar-refractivity contribution < 1.29 is 9.13 Å². The fourth-order valence-corrected chi connectivity index (χ4v) is 2.86. The van der Waals surface area contributed by atoms with Gasteiger partial charge < -0.3 is 10.1 Å². The van der Waals surface area contributed by atoms with Crippen LogP contribution in [-0.4, -0.2) is 34.9 Å².